The third kappa shape index (κ3) is 3.83. The molecule has 2 aromatic rings. The van der Waals surface area contributed by atoms with E-state index in [0.29, 0.717) is 24.8 Å². The summed E-state index contributed by atoms with van der Waals surface area (Å²) in [6.45, 7) is 5.10. The number of benzene rings is 1. The number of rotatable bonds is 5. The Labute approximate surface area is 171 Å². The second kappa shape index (κ2) is 8.23. The standard InChI is InChI=1S/C21H29N7O/c1-15-24-25-19(26(15)3)13-23-21(22-2)28-14-16(17-7-4-5-8-18(17)28)10-12-27-11-6-9-20(27)29/h4-5,7-8,16H,6,9-14H2,1-3H3,(H,22,23). The van der Waals surface area contributed by atoms with E-state index in [1.165, 1.54) is 11.3 Å². The molecule has 0 spiro atoms. The molecule has 3 heterocycles. The second-order valence-corrected chi connectivity index (χ2v) is 7.76. The van der Waals surface area contributed by atoms with Gasteiger partial charge in [-0.25, -0.2) is 0 Å². The first-order valence-electron chi connectivity index (χ1n) is 10.3. The molecule has 1 aromatic carbocycles. The van der Waals surface area contributed by atoms with Crippen LogP contribution in [-0.2, 0) is 18.4 Å². The number of aryl methyl sites for hydroxylation is 1. The number of fused-ring (bicyclic) bond motifs is 1. The van der Waals surface area contributed by atoms with Crippen molar-refractivity contribution in [2.75, 3.05) is 31.6 Å². The molecule has 0 aliphatic carbocycles. The summed E-state index contributed by atoms with van der Waals surface area (Å²) in [6.07, 6.45) is 2.66. The molecule has 0 saturated carbocycles. The van der Waals surface area contributed by atoms with Crippen molar-refractivity contribution in [2.24, 2.45) is 12.0 Å². The molecule has 2 aliphatic heterocycles. The molecule has 8 nitrogen and oxygen atoms in total. The van der Waals surface area contributed by atoms with Crippen LogP contribution in [0.15, 0.2) is 29.3 Å². The van der Waals surface area contributed by atoms with Crippen molar-refractivity contribution in [3.8, 4) is 0 Å². The Morgan fingerprint density at radius 3 is 2.83 bits per heavy atom. The van der Waals surface area contributed by atoms with Gasteiger partial charge >= 0.3 is 0 Å². The number of aromatic nitrogens is 3. The van der Waals surface area contributed by atoms with Crippen LogP contribution in [0, 0.1) is 6.92 Å². The van der Waals surface area contributed by atoms with Gasteiger partial charge in [0.05, 0.1) is 6.54 Å². The Balaban J connectivity index is 1.46. The fourth-order valence-corrected chi connectivity index (χ4v) is 4.25. The number of hydrogen-bond donors (Lipinski definition) is 1. The third-order valence-corrected chi connectivity index (χ3v) is 6.04. The lowest BCUT2D eigenvalue weighted by atomic mass is 9.98. The van der Waals surface area contributed by atoms with Crippen LogP contribution in [0.2, 0.25) is 0 Å². The van der Waals surface area contributed by atoms with Gasteiger partial charge in [-0.15, -0.1) is 10.2 Å². The van der Waals surface area contributed by atoms with Gasteiger partial charge in [0.1, 0.15) is 5.82 Å². The van der Waals surface area contributed by atoms with E-state index in [9.17, 15) is 4.79 Å². The highest BCUT2D eigenvalue weighted by Crippen LogP contribution is 2.38. The minimum Gasteiger partial charge on any atom is -0.349 e. The molecule has 154 valence electrons. The maximum absolute atomic E-state index is 12.0. The zero-order valence-corrected chi connectivity index (χ0v) is 17.4. The van der Waals surface area contributed by atoms with E-state index in [0.717, 1.165) is 50.1 Å². The molecule has 0 bridgehead atoms. The summed E-state index contributed by atoms with van der Waals surface area (Å²) in [5.41, 5.74) is 2.52. The van der Waals surface area contributed by atoms with Crippen molar-refractivity contribution in [3.05, 3.63) is 41.5 Å². The first-order valence-corrected chi connectivity index (χ1v) is 10.3. The summed E-state index contributed by atoms with van der Waals surface area (Å²) in [4.78, 5) is 20.7. The molecular weight excluding hydrogens is 366 g/mol. The van der Waals surface area contributed by atoms with Gasteiger partial charge in [0.25, 0.3) is 0 Å². The fraction of sp³-hybridized carbons (Fsp3) is 0.524. The van der Waals surface area contributed by atoms with E-state index in [2.05, 4.69) is 49.7 Å². The number of nitrogens with zero attached hydrogens (tertiary/aromatic N) is 6. The molecule has 1 N–H and O–H groups in total. The smallest absolute Gasteiger partial charge is 0.222 e. The van der Waals surface area contributed by atoms with E-state index in [1.807, 2.05) is 30.5 Å². The maximum atomic E-state index is 12.0. The summed E-state index contributed by atoms with van der Waals surface area (Å²) < 4.78 is 1.98. The van der Waals surface area contributed by atoms with Crippen LogP contribution in [-0.4, -0.2) is 58.2 Å². The largest absolute Gasteiger partial charge is 0.349 e. The van der Waals surface area contributed by atoms with Gasteiger partial charge in [-0.2, -0.15) is 0 Å². The molecule has 1 atom stereocenters. The molecule has 4 rings (SSSR count). The molecule has 1 amide bonds. The Bertz CT molecular complexity index is 920. The molecule has 2 aliphatic rings. The van der Waals surface area contributed by atoms with Crippen LogP contribution < -0.4 is 10.2 Å². The van der Waals surface area contributed by atoms with Crippen molar-refractivity contribution in [1.82, 2.24) is 25.0 Å². The molecule has 1 aromatic heterocycles. The number of aliphatic imine (C=N–C) groups is 1. The second-order valence-electron chi connectivity index (χ2n) is 7.76. The predicted octanol–water partition coefficient (Wildman–Crippen LogP) is 1.82. The Morgan fingerprint density at radius 1 is 1.31 bits per heavy atom. The number of anilines is 1. The lowest BCUT2D eigenvalue weighted by molar-refractivity contribution is -0.127. The first kappa shape index (κ1) is 19.4. The average Bonchev–Trinajstić information content (AvgIpc) is 3.40. The van der Waals surface area contributed by atoms with Crippen molar-refractivity contribution in [1.29, 1.82) is 0 Å². The van der Waals surface area contributed by atoms with Crippen LogP contribution in [0.25, 0.3) is 0 Å². The summed E-state index contributed by atoms with van der Waals surface area (Å²) >= 11 is 0. The summed E-state index contributed by atoms with van der Waals surface area (Å²) in [6, 6.07) is 8.51. The normalized spacial score (nSPS) is 19.2. The highest BCUT2D eigenvalue weighted by molar-refractivity contribution is 5.98. The van der Waals surface area contributed by atoms with Crippen molar-refractivity contribution >= 4 is 17.6 Å². The minimum atomic E-state index is 0.296. The number of guanidine groups is 1. The zero-order valence-electron chi connectivity index (χ0n) is 17.4. The van der Waals surface area contributed by atoms with Crippen molar-refractivity contribution in [3.63, 3.8) is 0 Å². The zero-order chi connectivity index (χ0) is 20.4. The molecular formula is C21H29N7O. The number of amides is 1. The molecule has 1 saturated heterocycles. The topological polar surface area (TPSA) is 78.7 Å². The lowest BCUT2D eigenvalue weighted by Crippen LogP contribution is -2.41. The van der Waals surface area contributed by atoms with Gasteiger partial charge in [-0.3, -0.25) is 9.79 Å². The quantitative estimate of drug-likeness (QED) is 0.617. The lowest BCUT2D eigenvalue weighted by Gasteiger charge is -2.23. The van der Waals surface area contributed by atoms with E-state index >= 15 is 0 Å². The van der Waals surface area contributed by atoms with Gasteiger partial charge in [0, 0.05) is 51.8 Å². The van der Waals surface area contributed by atoms with E-state index in [4.69, 9.17) is 0 Å². The minimum absolute atomic E-state index is 0.296. The molecule has 8 heteroatoms. The number of carbonyl (C=O) groups excluding carboxylic acids is 1. The van der Waals surface area contributed by atoms with Gasteiger partial charge in [0.2, 0.25) is 5.91 Å². The number of carbonyl (C=O) groups is 1. The number of hydrogen-bond acceptors (Lipinski definition) is 4. The fourth-order valence-electron chi connectivity index (χ4n) is 4.25. The van der Waals surface area contributed by atoms with Gasteiger partial charge < -0.3 is 19.7 Å². The van der Waals surface area contributed by atoms with E-state index < -0.39 is 0 Å². The van der Waals surface area contributed by atoms with Crippen molar-refractivity contribution < 1.29 is 4.79 Å². The number of likely N-dealkylation sites (tertiary alicyclic amines) is 1. The summed E-state index contributed by atoms with van der Waals surface area (Å²) in [5, 5.41) is 11.8. The van der Waals surface area contributed by atoms with Crippen LogP contribution in [0.5, 0.6) is 0 Å². The monoisotopic (exact) mass is 395 g/mol. The number of para-hydroxylation sites is 1. The Kier molecular flexibility index (Phi) is 5.51. The Hall–Kier alpha value is -2.90. The van der Waals surface area contributed by atoms with Crippen LogP contribution in [0.4, 0.5) is 5.69 Å². The number of nitrogens with one attached hydrogen (secondary N) is 1. The summed E-state index contributed by atoms with van der Waals surface area (Å²) in [5.74, 6) is 3.28. The average molecular weight is 396 g/mol. The molecule has 1 fully saturated rings. The van der Waals surface area contributed by atoms with Crippen molar-refractivity contribution in [2.45, 2.75) is 38.6 Å². The third-order valence-electron chi connectivity index (χ3n) is 6.04. The maximum Gasteiger partial charge on any atom is 0.222 e. The highest BCUT2D eigenvalue weighted by Gasteiger charge is 2.32. The SMILES string of the molecule is CN=C(NCc1nnc(C)n1C)N1CC(CCN2CCCC2=O)c2ccccc21. The molecule has 29 heavy (non-hydrogen) atoms. The molecule has 1 unspecified atom stereocenters. The summed E-state index contributed by atoms with van der Waals surface area (Å²) in [7, 11) is 3.78. The van der Waals surface area contributed by atoms with Gasteiger partial charge in [-0.05, 0) is 31.4 Å². The molecule has 0 radical (unpaired) electrons. The van der Waals surface area contributed by atoms with Crippen LogP contribution in [0.3, 0.4) is 0 Å². The van der Waals surface area contributed by atoms with E-state index in [1.54, 1.807) is 0 Å². The Morgan fingerprint density at radius 2 is 2.14 bits per heavy atom. The highest BCUT2D eigenvalue weighted by atomic mass is 16.2. The van der Waals surface area contributed by atoms with Crippen LogP contribution >= 0.6 is 0 Å². The predicted molar refractivity (Wildman–Crippen MR) is 113 cm³/mol. The van der Waals surface area contributed by atoms with Gasteiger partial charge in [0.15, 0.2) is 11.8 Å². The van der Waals surface area contributed by atoms with Crippen LogP contribution in [0.1, 0.15) is 42.4 Å². The van der Waals surface area contributed by atoms with E-state index in [-0.39, 0.29) is 0 Å². The van der Waals surface area contributed by atoms with Gasteiger partial charge in [-0.1, -0.05) is 18.2 Å². The first-order chi connectivity index (χ1) is 14.1.